The third kappa shape index (κ3) is 3.64. The van der Waals surface area contributed by atoms with Gasteiger partial charge in [0.1, 0.15) is 18.2 Å². The van der Waals surface area contributed by atoms with Crippen LogP contribution in [0.2, 0.25) is 0 Å². The number of amides is 2. The Balaban J connectivity index is 1.61. The summed E-state index contributed by atoms with van der Waals surface area (Å²) < 4.78 is 1.74. The number of carbonyl (C=O) groups excluding carboxylic acids is 1. The van der Waals surface area contributed by atoms with Crippen LogP contribution in [0.1, 0.15) is 11.1 Å². The third-order valence-electron chi connectivity index (χ3n) is 2.94. The van der Waals surface area contributed by atoms with Crippen LogP contribution in [0.3, 0.4) is 0 Å². The molecule has 112 valence electrons. The zero-order valence-electron chi connectivity index (χ0n) is 11.5. The van der Waals surface area contributed by atoms with Gasteiger partial charge in [-0.2, -0.15) is 5.10 Å². The molecule has 2 amide bonds. The second-order valence-corrected chi connectivity index (χ2v) is 5.25. The summed E-state index contributed by atoms with van der Waals surface area (Å²) in [6.07, 6.45) is 3.16. The van der Waals surface area contributed by atoms with E-state index in [1.807, 2.05) is 24.3 Å². The summed E-state index contributed by atoms with van der Waals surface area (Å²) in [5.74, 6) is 0. The highest BCUT2D eigenvalue weighted by atomic mass is 32.1. The first-order valence-electron chi connectivity index (χ1n) is 6.51. The van der Waals surface area contributed by atoms with Crippen molar-refractivity contribution in [2.75, 3.05) is 5.32 Å². The molecule has 22 heavy (non-hydrogen) atoms. The number of nitrogens with zero attached hydrogens (tertiary/aromatic N) is 5. The Morgan fingerprint density at radius 3 is 2.86 bits per heavy atom. The first-order valence-corrected chi connectivity index (χ1v) is 7.39. The van der Waals surface area contributed by atoms with Crippen LogP contribution in [0.4, 0.5) is 9.93 Å². The summed E-state index contributed by atoms with van der Waals surface area (Å²) in [5.41, 5.74) is 3.65. The molecule has 9 heteroatoms. The molecule has 3 aromatic rings. The second-order valence-electron chi connectivity index (χ2n) is 4.41. The lowest BCUT2D eigenvalue weighted by Gasteiger charge is -2.10. The third-order valence-corrected chi connectivity index (χ3v) is 3.54. The smallest absolute Gasteiger partial charge is 0.321 e. The van der Waals surface area contributed by atoms with Crippen LogP contribution >= 0.6 is 11.3 Å². The van der Waals surface area contributed by atoms with E-state index in [-0.39, 0.29) is 6.03 Å². The molecule has 2 N–H and O–H groups in total. The monoisotopic (exact) mass is 315 g/mol. The molecule has 0 saturated carbocycles. The first-order chi connectivity index (χ1) is 10.8. The Kier molecular flexibility index (Phi) is 4.35. The van der Waals surface area contributed by atoms with Crippen LogP contribution in [0, 0.1) is 0 Å². The topological polar surface area (TPSA) is 97.6 Å². The number of nitrogens with one attached hydrogen (secondary N) is 2. The minimum Gasteiger partial charge on any atom is -0.334 e. The zero-order chi connectivity index (χ0) is 15.2. The van der Waals surface area contributed by atoms with Gasteiger partial charge in [0.05, 0.1) is 6.54 Å². The van der Waals surface area contributed by atoms with Crippen molar-refractivity contribution >= 4 is 22.5 Å². The van der Waals surface area contributed by atoms with Crippen molar-refractivity contribution < 1.29 is 4.79 Å². The van der Waals surface area contributed by atoms with Crippen molar-refractivity contribution in [1.29, 1.82) is 0 Å². The highest BCUT2D eigenvalue weighted by Crippen LogP contribution is 2.11. The molecule has 2 heterocycles. The quantitative estimate of drug-likeness (QED) is 0.743. The molecule has 0 aliphatic rings. The maximum absolute atomic E-state index is 11.8. The van der Waals surface area contributed by atoms with Crippen molar-refractivity contribution in [3.8, 4) is 0 Å². The summed E-state index contributed by atoms with van der Waals surface area (Å²) in [6, 6.07) is 7.55. The van der Waals surface area contributed by atoms with Gasteiger partial charge in [-0.3, -0.25) is 5.32 Å². The van der Waals surface area contributed by atoms with E-state index < -0.39 is 0 Å². The van der Waals surface area contributed by atoms with Gasteiger partial charge in [0, 0.05) is 6.54 Å². The van der Waals surface area contributed by atoms with E-state index in [9.17, 15) is 4.79 Å². The summed E-state index contributed by atoms with van der Waals surface area (Å²) >= 11 is 1.27. The number of benzene rings is 1. The van der Waals surface area contributed by atoms with Gasteiger partial charge in [0.2, 0.25) is 5.13 Å². The van der Waals surface area contributed by atoms with Gasteiger partial charge in [-0.15, -0.1) is 10.2 Å². The minimum atomic E-state index is -0.313. The number of hydrogen-bond acceptors (Lipinski definition) is 6. The van der Waals surface area contributed by atoms with Gasteiger partial charge < -0.3 is 5.32 Å². The van der Waals surface area contributed by atoms with E-state index in [0.29, 0.717) is 18.2 Å². The lowest BCUT2D eigenvalue weighted by Crippen LogP contribution is -2.28. The molecular weight excluding hydrogens is 302 g/mol. The molecule has 0 spiro atoms. The lowest BCUT2D eigenvalue weighted by molar-refractivity contribution is 0.251. The van der Waals surface area contributed by atoms with E-state index in [1.165, 1.54) is 17.7 Å². The molecule has 0 atom stereocenters. The average Bonchev–Trinajstić information content (AvgIpc) is 3.20. The van der Waals surface area contributed by atoms with Crippen molar-refractivity contribution in [3.05, 3.63) is 53.6 Å². The highest BCUT2D eigenvalue weighted by molar-refractivity contribution is 7.13. The summed E-state index contributed by atoms with van der Waals surface area (Å²) in [6.45, 7) is 1.02. The predicted octanol–water partition coefficient (Wildman–Crippen LogP) is 1.50. The van der Waals surface area contributed by atoms with E-state index >= 15 is 0 Å². The van der Waals surface area contributed by atoms with Crippen molar-refractivity contribution in [2.24, 2.45) is 0 Å². The van der Waals surface area contributed by atoms with E-state index in [0.717, 1.165) is 11.1 Å². The Hall–Kier alpha value is -2.81. The number of carbonyl (C=O) groups is 1. The molecule has 0 fully saturated rings. The Labute approximate surface area is 130 Å². The van der Waals surface area contributed by atoms with Gasteiger partial charge in [0.15, 0.2) is 0 Å². The van der Waals surface area contributed by atoms with Crippen LogP contribution in [0.25, 0.3) is 0 Å². The van der Waals surface area contributed by atoms with Crippen LogP contribution in [-0.2, 0) is 13.1 Å². The lowest BCUT2D eigenvalue weighted by atomic mass is 10.1. The molecule has 0 saturated heterocycles. The largest absolute Gasteiger partial charge is 0.334 e. The Morgan fingerprint density at radius 1 is 1.27 bits per heavy atom. The van der Waals surface area contributed by atoms with E-state index in [1.54, 1.807) is 16.5 Å². The Morgan fingerprint density at radius 2 is 2.14 bits per heavy atom. The minimum absolute atomic E-state index is 0.313. The van der Waals surface area contributed by atoms with Gasteiger partial charge in [-0.1, -0.05) is 35.6 Å². The number of rotatable bonds is 5. The van der Waals surface area contributed by atoms with Crippen molar-refractivity contribution in [3.63, 3.8) is 0 Å². The molecule has 3 rings (SSSR count). The van der Waals surface area contributed by atoms with Crippen LogP contribution < -0.4 is 10.6 Å². The Bertz CT molecular complexity index is 727. The normalized spacial score (nSPS) is 10.4. The van der Waals surface area contributed by atoms with Crippen molar-refractivity contribution in [2.45, 2.75) is 13.1 Å². The van der Waals surface area contributed by atoms with Crippen LogP contribution in [0.15, 0.2) is 42.4 Å². The molecule has 1 aromatic carbocycles. The summed E-state index contributed by atoms with van der Waals surface area (Å²) in [7, 11) is 0. The SMILES string of the molecule is O=C(NCc1ccccc1Cn1cncn1)Nc1nncs1. The van der Waals surface area contributed by atoms with Gasteiger partial charge >= 0.3 is 6.03 Å². The predicted molar refractivity (Wildman–Crippen MR) is 81.3 cm³/mol. The maximum atomic E-state index is 11.8. The fourth-order valence-corrected chi connectivity index (χ4v) is 2.36. The molecule has 0 aliphatic carbocycles. The highest BCUT2D eigenvalue weighted by Gasteiger charge is 2.07. The van der Waals surface area contributed by atoms with Crippen molar-refractivity contribution in [1.82, 2.24) is 30.3 Å². The van der Waals surface area contributed by atoms with Crippen LogP contribution in [0.5, 0.6) is 0 Å². The fourth-order valence-electron chi connectivity index (χ4n) is 1.92. The molecule has 2 aromatic heterocycles. The summed E-state index contributed by atoms with van der Waals surface area (Å²) in [4.78, 5) is 15.7. The molecule has 0 radical (unpaired) electrons. The molecule has 0 unspecified atom stereocenters. The molecule has 0 aliphatic heterocycles. The maximum Gasteiger partial charge on any atom is 0.321 e. The van der Waals surface area contributed by atoms with E-state index in [2.05, 4.69) is 30.9 Å². The van der Waals surface area contributed by atoms with E-state index in [4.69, 9.17) is 0 Å². The van der Waals surface area contributed by atoms with Gasteiger partial charge in [0.25, 0.3) is 0 Å². The average molecular weight is 315 g/mol. The molecule has 8 nitrogen and oxygen atoms in total. The molecule has 0 bridgehead atoms. The summed E-state index contributed by atoms with van der Waals surface area (Å²) in [5, 5.41) is 17.4. The number of urea groups is 1. The second kappa shape index (κ2) is 6.76. The number of hydrogen-bond donors (Lipinski definition) is 2. The zero-order valence-corrected chi connectivity index (χ0v) is 12.3. The van der Waals surface area contributed by atoms with Gasteiger partial charge in [-0.25, -0.2) is 14.5 Å². The first kappa shape index (κ1) is 14.1. The standard InChI is InChI=1S/C13H13N7OS/c21-12(18-13-19-16-9-22-13)15-5-10-3-1-2-4-11(10)6-20-8-14-7-17-20/h1-4,7-9H,5-6H2,(H2,15,18,19,21). The fraction of sp³-hybridized carbons (Fsp3) is 0.154. The van der Waals surface area contributed by atoms with Crippen LogP contribution in [-0.4, -0.2) is 31.0 Å². The number of anilines is 1. The molecular formula is C13H13N7OS. The van der Waals surface area contributed by atoms with Gasteiger partial charge in [-0.05, 0) is 11.1 Å². The number of aromatic nitrogens is 5.